The van der Waals surface area contributed by atoms with E-state index in [1.165, 1.54) is 12.1 Å². The number of amides is 1. The van der Waals surface area contributed by atoms with Gasteiger partial charge in [0.2, 0.25) is 0 Å². The van der Waals surface area contributed by atoms with Gasteiger partial charge in [-0.1, -0.05) is 51.8 Å². The summed E-state index contributed by atoms with van der Waals surface area (Å²) in [6.45, 7) is 4.05. The maximum atomic E-state index is 13.9. The summed E-state index contributed by atoms with van der Waals surface area (Å²) >= 11 is 9.56. The molecule has 0 fully saturated rings. The van der Waals surface area contributed by atoms with Gasteiger partial charge in [0.15, 0.2) is 11.5 Å². The van der Waals surface area contributed by atoms with Gasteiger partial charge in [0.1, 0.15) is 24.1 Å². The monoisotopic (exact) mass is 542 g/mol. The average molecular weight is 544 g/mol. The molecule has 174 valence electrons. The lowest BCUT2D eigenvalue weighted by molar-refractivity contribution is -0.112. The van der Waals surface area contributed by atoms with Crippen molar-refractivity contribution in [1.82, 2.24) is 0 Å². The third-order valence-electron chi connectivity index (χ3n) is 4.80. The molecular formula is C26H21BrClFN2O3. The molecule has 0 saturated heterocycles. The van der Waals surface area contributed by atoms with Crippen molar-refractivity contribution < 1.29 is 18.7 Å². The Hall–Kier alpha value is -3.34. The third-order valence-corrected chi connectivity index (χ3v) is 5.89. The first-order valence-corrected chi connectivity index (χ1v) is 11.5. The van der Waals surface area contributed by atoms with Crippen LogP contribution in [-0.2, 0) is 11.4 Å². The van der Waals surface area contributed by atoms with Crippen molar-refractivity contribution in [3.8, 4) is 17.6 Å². The molecule has 3 aromatic rings. The second-order valence-corrected chi connectivity index (χ2v) is 8.48. The van der Waals surface area contributed by atoms with Crippen LogP contribution < -0.4 is 14.8 Å². The van der Waals surface area contributed by atoms with E-state index in [0.29, 0.717) is 44.4 Å². The number of hydrogen-bond acceptors (Lipinski definition) is 4. The van der Waals surface area contributed by atoms with E-state index in [-0.39, 0.29) is 18.0 Å². The molecule has 8 heteroatoms. The lowest BCUT2D eigenvalue weighted by Crippen LogP contribution is -2.13. The molecule has 0 heterocycles. The first kappa shape index (κ1) is 25.3. The number of nitrogens with one attached hydrogen (secondary N) is 1. The van der Waals surface area contributed by atoms with Crippen molar-refractivity contribution in [2.75, 3.05) is 11.9 Å². The Kier molecular flexibility index (Phi) is 8.69. The standard InChI is InChI=1S/C26H21BrClFN2O3/c1-3-33-24-11-18(21(27)13-25(24)34-15-17-6-4-5-7-23(17)29)10-19(14-30)26(32)31-20-9-8-16(2)22(28)12-20/h4-13H,3,15H2,1-2H3,(H,31,32)/b19-10-. The van der Waals surface area contributed by atoms with Crippen molar-refractivity contribution in [2.45, 2.75) is 20.5 Å². The zero-order valence-electron chi connectivity index (χ0n) is 18.5. The van der Waals surface area contributed by atoms with Gasteiger partial charge in [0.25, 0.3) is 5.91 Å². The number of carbonyl (C=O) groups excluding carboxylic acids is 1. The average Bonchev–Trinajstić information content (AvgIpc) is 2.81. The van der Waals surface area contributed by atoms with Crippen LogP contribution in [0.4, 0.5) is 10.1 Å². The summed E-state index contributed by atoms with van der Waals surface area (Å²) in [6.07, 6.45) is 1.44. The van der Waals surface area contributed by atoms with Crippen LogP contribution in [0, 0.1) is 24.1 Å². The van der Waals surface area contributed by atoms with Crippen LogP contribution in [-0.4, -0.2) is 12.5 Å². The topological polar surface area (TPSA) is 71.3 Å². The molecule has 1 N–H and O–H groups in total. The minimum atomic E-state index is -0.577. The quantitative estimate of drug-likeness (QED) is 0.244. The molecule has 1 amide bonds. The first-order chi connectivity index (χ1) is 16.3. The van der Waals surface area contributed by atoms with Crippen LogP contribution >= 0.6 is 27.5 Å². The van der Waals surface area contributed by atoms with Gasteiger partial charge in [0.05, 0.1) is 6.61 Å². The lowest BCUT2D eigenvalue weighted by Gasteiger charge is -2.14. The Morgan fingerprint density at radius 3 is 2.59 bits per heavy atom. The van der Waals surface area contributed by atoms with Gasteiger partial charge in [-0.25, -0.2) is 4.39 Å². The molecule has 5 nitrogen and oxygen atoms in total. The van der Waals surface area contributed by atoms with E-state index in [9.17, 15) is 14.4 Å². The SMILES string of the molecule is CCOc1cc(/C=C(/C#N)C(=O)Nc2ccc(C)c(Cl)c2)c(Br)cc1OCc1ccccc1F. The van der Waals surface area contributed by atoms with Gasteiger partial charge < -0.3 is 14.8 Å². The van der Waals surface area contributed by atoms with Crippen LogP contribution in [0.5, 0.6) is 11.5 Å². The number of benzene rings is 3. The molecule has 0 saturated carbocycles. The highest BCUT2D eigenvalue weighted by molar-refractivity contribution is 9.10. The molecule has 0 aliphatic carbocycles. The van der Waals surface area contributed by atoms with Crippen molar-refractivity contribution in [3.63, 3.8) is 0 Å². The highest BCUT2D eigenvalue weighted by Crippen LogP contribution is 2.35. The number of nitrogens with zero attached hydrogens (tertiary/aromatic N) is 1. The maximum absolute atomic E-state index is 13.9. The smallest absolute Gasteiger partial charge is 0.266 e. The maximum Gasteiger partial charge on any atom is 0.266 e. The minimum Gasteiger partial charge on any atom is -0.490 e. The Morgan fingerprint density at radius 2 is 1.91 bits per heavy atom. The number of nitriles is 1. The fraction of sp³-hybridized carbons (Fsp3) is 0.154. The molecule has 0 aliphatic heterocycles. The van der Waals surface area contributed by atoms with Crippen LogP contribution in [0.1, 0.15) is 23.6 Å². The molecule has 0 aliphatic rings. The van der Waals surface area contributed by atoms with Gasteiger partial charge in [-0.15, -0.1) is 0 Å². The Morgan fingerprint density at radius 1 is 1.18 bits per heavy atom. The Labute approximate surface area is 210 Å². The molecule has 0 spiro atoms. The fourth-order valence-corrected chi connectivity index (χ4v) is 3.60. The Bertz CT molecular complexity index is 1290. The Balaban J connectivity index is 1.86. The number of aryl methyl sites for hydroxylation is 1. The summed E-state index contributed by atoms with van der Waals surface area (Å²) in [4.78, 5) is 12.7. The van der Waals surface area contributed by atoms with Gasteiger partial charge in [-0.3, -0.25) is 4.79 Å². The summed E-state index contributed by atoms with van der Waals surface area (Å²) in [5, 5.41) is 12.8. The summed E-state index contributed by atoms with van der Waals surface area (Å²) in [5.41, 5.74) is 2.19. The third kappa shape index (κ3) is 6.37. The summed E-state index contributed by atoms with van der Waals surface area (Å²) in [5.74, 6) is -0.145. The number of hydrogen-bond donors (Lipinski definition) is 1. The first-order valence-electron chi connectivity index (χ1n) is 10.3. The number of halogens is 3. The zero-order valence-corrected chi connectivity index (χ0v) is 20.8. The molecule has 0 radical (unpaired) electrons. The molecule has 3 aromatic carbocycles. The van der Waals surface area contributed by atoms with Crippen LogP contribution in [0.25, 0.3) is 6.08 Å². The molecular weight excluding hydrogens is 523 g/mol. The van der Waals surface area contributed by atoms with Crippen molar-refractivity contribution in [2.24, 2.45) is 0 Å². The van der Waals surface area contributed by atoms with Crippen LogP contribution in [0.3, 0.4) is 0 Å². The fourth-order valence-electron chi connectivity index (χ4n) is 2.99. The second-order valence-electron chi connectivity index (χ2n) is 7.22. The van der Waals surface area contributed by atoms with E-state index in [1.54, 1.807) is 48.5 Å². The van der Waals surface area contributed by atoms with Gasteiger partial charge in [-0.2, -0.15) is 5.26 Å². The van der Waals surface area contributed by atoms with Gasteiger partial charge in [0, 0.05) is 20.7 Å². The lowest BCUT2D eigenvalue weighted by atomic mass is 10.1. The second kappa shape index (κ2) is 11.7. The van der Waals surface area contributed by atoms with E-state index in [0.717, 1.165) is 5.56 Å². The highest BCUT2D eigenvalue weighted by Gasteiger charge is 2.15. The largest absolute Gasteiger partial charge is 0.490 e. The van der Waals surface area contributed by atoms with Crippen LogP contribution in [0.2, 0.25) is 5.02 Å². The molecule has 0 bridgehead atoms. The molecule has 0 atom stereocenters. The normalized spacial score (nSPS) is 11.0. The van der Waals surface area contributed by atoms with Crippen molar-refractivity contribution in [1.29, 1.82) is 5.26 Å². The van der Waals surface area contributed by atoms with Gasteiger partial charge in [-0.05, 0) is 61.4 Å². The molecule has 34 heavy (non-hydrogen) atoms. The molecule has 0 unspecified atom stereocenters. The summed E-state index contributed by atoms with van der Waals surface area (Å²) < 4.78 is 26.0. The number of ether oxygens (including phenoxy) is 2. The summed E-state index contributed by atoms with van der Waals surface area (Å²) in [7, 11) is 0. The predicted molar refractivity (Wildman–Crippen MR) is 134 cm³/mol. The van der Waals surface area contributed by atoms with Crippen molar-refractivity contribution in [3.05, 3.63) is 92.2 Å². The minimum absolute atomic E-state index is 0.0132. The predicted octanol–water partition coefficient (Wildman–Crippen LogP) is 7.07. The van der Waals surface area contributed by atoms with E-state index < -0.39 is 5.91 Å². The van der Waals surface area contributed by atoms with E-state index in [1.807, 2.05) is 19.9 Å². The van der Waals surface area contributed by atoms with Crippen LogP contribution in [0.15, 0.2) is 64.6 Å². The van der Waals surface area contributed by atoms with Crippen molar-refractivity contribution >= 4 is 45.2 Å². The number of rotatable bonds is 8. The van der Waals surface area contributed by atoms with E-state index in [2.05, 4.69) is 21.2 Å². The number of carbonyl (C=O) groups is 1. The van der Waals surface area contributed by atoms with Gasteiger partial charge >= 0.3 is 0 Å². The van der Waals surface area contributed by atoms with E-state index in [4.69, 9.17) is 21.1 Å². The van der Waals surface area contributed by atoms with E-state index >= 15 is 0 Å². The highest BCUT2D eigenvalue weighted by atomic mass is 79.9. The number of anilines is 1. The molecule has 3 rings (SSSR count). The summed E-state index contributed by atoms with van der Waals surface area (Å²) in [6, 6.07) is 16.7. The molecule has 0 aromatic heterocycles. The zero-order chi connectivity index (χ0) is 24.7.